The topological polar surface area (TPSA) is 130 Å². The van der Waals surface area contributed by atoms with E-state index in [0.717, 1.165) is 0 Å². The molecule has 104 valence electrons. The summed E-state index contributed by atoms with van der Waals surface area (Å²) in [7, 11) is 0. The minimum absolute atomic E-state index is 0.0898. The van der Waals surface area contributed by atoms with Crippen molar-refractivity contribution < 1.29 is 19.2 Å². The molecule has 9 nitrogen and oxygen atoms in total. The van der Waals surface area contributed by atoms with Crippen LogP contribution in [0.3, 0.4) is 0 Å². The zero-order chi connectivity index (χ0) is 14.4. The van der Waals surface area contributed by atoms with Crippen molar-refractivity contribution in [3.8, 4) is 0 Å². The maximum absolute atomic E-state index is 11.5. The van der Waals surface area contributed by atoms with E-state index < -0.39 is 12.0 Å². The summed E-state index contributed by atoms with van der Waals surface area (Å²) in [4.78, 5) is 29.6. The predicted molar refractivity (Wildman–Crippen MR) is 66.2 cm³/mol. The Morgan fingerprint density at radius 1 is 1.30 bits per heavy atom. The van der Waals surface area contributed by atoms with Gasteiger partial charge in [-0.25, -0.2) is 14.6 Å². The molecule has 0 unspecified atom stereocenters. The number of amides is 2. The maximum Gasteiger partial charge on any atom is 0.354 e. The molecule has 0 aliphatic heterocycles. The van der Waals surface area contributed by atoms with Crippen LogP contribution in [0, 0.1) is 0 Å². The van der Waals surface area contributed by atoms with Crippen LogP contribution < -0.4 is 10.6 Å². The Hall–Kier alpha value is -2.97. The average molecular weight is 277 g/mol. The van der Waals surface area contributed by atoms with Crippen molar-refractivity contribution in [2.75, 3.05) is 11.9 Å². The predicted octanol–water partition coefficient (Wildman–Crippen LogP) is 0.527. The Bertz CT molecular complexity index is 581. The molecule has 20 heavy (non-hydrogen) atoms. The van der Waals surface area contributed by atoms with Gasteiger partial charge in [-0.2, -0.15) is 4.98 Å². The number of carboxylic acids is 1. The van der Waals surface area contributed by atoms with Gasteiger partial charge in [0.1, 0.15) is 5.69 Å². The summed E-state index contributed by atoms with van der Waals surface area (Å²) in [5.41, 5.74) is 0.306. The van der Waals surface area contributed by atoms with Crippen molar-refractivity contribution >= 4 is 17.7 Å². The van der Waals surface area contributed by atoms with Gasteiger partial charge in [0.25, 0.3) is 0 Å². The maximum atomic E-state index is 11.5. The summed E-state index contributed by atoms with van der Waals surface area (Å²) in [6.45, 7) is 0.339. The highest BCUT2D eigenvalue weighted by Gasteiger charge is 2.06. The number of aromatic nitrogens is 3. The monoisotopic (exact) mass is 277 g/mol. The lowest BCUT2D eigenvalue weighted by atomic mass is 10.3. The number of nitrogens with zero attached hydrogens (tertiary/aromatic N) is 3. The Balaban J connectivity index is 1.77. The number of hydrogen-bond acceptors (Lipinski definition) is 6. The molecule has 0 aliphatic rings. The molecule has 0 bridgehead atoms. The van der Waals surface area contributed by atoms with Crippen LogP contribution in [0.2, 0.25) is 0 Å². The van der Waals surface area contributed by atoms with Gasteiger partial charge in [-0.1, -0.05) is 5.16 Å². The highest BCUT2D eigenvalue weighted by atomic mass is 16.5. The minimum atomic E-state index is -1.12. The van der Waals surface area contributed by atoms with Crippen LogP contribution in [-0.4, -0.2) is 38.8 Å². The minimum Gasteiger partial charge on any atom is -0.477 e. The van der Waals surface area contributed by atoms with Gasteiger partial charge in [0.05, 0.1) is 11.9 Å². The third-order valence-corrected chi connectivity index (χ3v) is 2.28. The number of carboxylic acid groups (broad SMARTS) is 1. The van der Waals surface area contributed by atoms with E-state index in [4.69, 9.17) is 5.11 Å². The van der Waals surface area contributed by atoms with Gasteiger partial charge in [-0.05, 0) is 12.1 Å². The first-order chi connectivity index (χ1) is 9.65. The van der Waals surface area contributed by atoms with Gasteiger partial charge in [0, 0.05) is 13.0 Å². The van der Waals surface area contributed by atoms with Crippen molar-refractivity contribution in [2.24, 2.45) is 0 Å². The van der Waals surface area contributed by atoms with Gasteiger partial charge in [-0.3, -0.25) is 0 Å². The average Bonchev–Trinajstić information content (AvgIpc) is 2.92. The molecule has 0 spiro atoms. The summed E-state index contributed by atoms with van der Waals surface area (Å²) in [5.74, 6) is -0.626. The van der Waals surface area contributed by atoms with E-state index in [1.54, 1.807) is 0 Å². The second-order valence-corrected chi connectivity index (χ2v) is 3.72. The molecule has 0 fully saturated rings. The molecule has 2 rings (SSSR count). The van der Waals surface area contributed by atoms with E-state index >= 15 is 0 Å². The number of anilines is 1. The number of nitrogens with one attached hydrogen (secondary N) is 2. The summed E-state index contributed by atoms with van der Waals surface area (Å²) >= 11 is 0. The van der Waals surface area contributed by atoms with E-state index in [-0.39, 0.29) is 5.69 Å². The third kappa shape index (κ3) is 3.77. The first kappa shape index (κ1) is 13.5. The van der Waals surface area contributed by atoms with Gasteiger partial charge in [0.15, 0.2) is 5.82 Å². The molecular weight excluding hydrogens is 266 g/mol. The molecule has 0 radical (unpaired) electrons. The lowest BCUT2D eigenvalue weighted by Gasteiger charge is -2.06. The quantitative estimate of drug-likeness (QED) is 0.726. The normalized spacial score (nSPS) is 10.0. The fourth-order valence-electron chi connectivity index (χ4n) is 1.36. The summed E-state index contributed by atoms with van der Waals surface area (Å²) in [6, 6.07) is 2.32. The second kappa shape index (κ2) is 6.27. The fourth-order valence-corrected chi connectivity index (χ4v) is 1.36. The van der Waals surface area contributed by atoms with Gasteiger partial charge in [-0.15, -0.1) is 0 Å². The molecule has 2 aromatic rings. The zero-order valence-electron chi connectivity index (χ0n) is 10.2. The van der Waals surface area contributed by atoms with Crippen molar-refractivity contribution in [1.82, 2.24) is 20.4 Å². The number of pyridine rings is 1. The molecule has 3 N–H and O–H groups in total. The second-order valence-electron chi connectivity index (χ2n) is 3.72. The smallest absolute Gasteiger partial charge is 0.354 e. The number of hydrogen-bond donors (Lipinski definition) is 3. The molecule has 0 aliphatic carbocycles. The van der Waals surface area contributed by atoms with Crippen LogP contribution in [0.25, 0.3) is 0 Å². The van der Waals surface area contributed by atoms with Crippen LogP contribution in [0.15, 0.2) is 29.2 Å². The molecule has 2 amide bonds. The van der Waals surface area contributed by atoms with Crippen LogP contribution in [0.4, 0.5) is 10.5 Å². The number of carbonyl (C=O) groups is 2. The van der Waals surface area contributed by atoms with Gasteiger partial charge < -0.3 is 20.3 Å². The highest BCUT2D eigenvalue weighted by molar-refractivity contribution is 5.90. The number of urea groups is 1. The van der Waals surface area contributed by atoms with Crippen molar-refractivity contribution in [1.29, 1.82) is 0 Å². The SMILES string of the molecule is O=C(NCCc1ncon1)Nc1ccc(C(=O)O)nc1. The van der Waals surface area contributed by atoms with Crippen molar-refractivity contribution in [3.63, 3.8) is 0 Å². The number of aromatic carboxylic acids is 1. The fraction of sp³-hybridized carbons (Fsp3) is 0.182. The summed E-state index contributed by atoms with van der Waals surface area (Å²) < 4.78 is 4.55. The first-order valence-corrected chi connectivity index (χ1v) is 5.64. The molecule has 0 saturated heterocycles. The Kier molecular flexibility index (Phi) is 4.22. The van der Waals surface area contributed by atoms with Gasteiger partial charge >= 0.3 is 12.0 Å². The molecule has 9 heteroatoms. The van der Waals surface area contributed by atoms with E-state index in [1.165, 1.54) is 24.7 Å². The van der Waals surface area contributed by atoms with Crippen molar-refractivity contribution in [2.45, 2.75) is 6.42 Å². The number of carbonyl (C=O) groups excluding carboxylic acids is 1. The highest BCUT2D eigenvalue weighted by Crippen LogP contribution is 2.05. The number of rotatable bonds is 5. The van der Waals surface area contributed by atoms with Gasteiger partial charge in [0.2, 0.25) is 6.39 Å². The molecule has 2 aromatic heterocycles. The third-order valence-electron chi connectivity index (χ3n) is 2.28. The van der Waals surface area contributed by atoms with E-state index in [9.17, 15) is 9.59 Å². The molecule has 0 atom stereocenters. The Morgan fingerprint density at radius 3 is 2.75 bits per heavy atom. The lowest BCUT2D eigenvalue weighted by molar-refractivity contribution is 0.0690. The molecular formula is C11H11N5O4. The van der Waals surface area contributed by atoms with Crippen LogP contribution in [0.1, 0.15) is 16.3 Å². The van der Waals surface area contributed by atoms with E-state index in [0.29, 0.717) is 24.5 Å². The largest absolute Gasteiger partial charge is 0.477 e. The van der Waals surface area contributed by atoms with E-state index in [2.05, 4.69) is 30.3 Å². The molecule has 0 aromatic carbocycles. The van der Waals surface area contributed by atoms with Crippen LogP contribution in [0.5, 0.6) is 0 Å². The van der Waals surface area contributed by atoms with Crippen molar-refractivity contribution in [3.05, 3.63) is 36.2 Å². The summed E-state index contributed by atoms with van der Waals surface area (Å²) in [5, 5.41) is 17.4. The Labute approximate surface area is 113 Å². The molecule has 0 saturated carbocycles. The first-order valence-electron chi connectivity index (χ1n) is 5.64. The van der Waals surface area contributed by atoms with Crippen LogP contribution in [-0.2, 0) is 6.42 Å². The molecule has 2 heterocycles. The lowest BCUT2D eigenvalue weighted by Crippen LogP contribution is -2.30. The standard InChI is InChI=1S/C11H11N5O4/c17-10(18)8-2-1-7(5-13-8)15-11(19)12-4-3-9-14-6-20-16-9/h1-2,5-6H,3-4H2,(H,17,18)(H2,12,15,19). The zero-order valence-corrected chi connectivity index (χ0v) is 10.2. The summed E-state index contributed by atoms with van der Waals surface area (Å²) in [6.07, 6.45) is 2.92. The van der Waals surface area contributed by atoms with E-state index in [1.807, 2.05) is 0 Å². The Morgan fingerprint density at radius 2 is 2.15 bits per heavy atom. The van der Waals surface area contributed by atoms with Crippen LogP contribution >= 0.6 is 0 Å².